The Bertz CT molecular complexity index is 409. The van der Waals surface area contributed by atoms with Crippen LogP contribution in [0, 0.1) is 11.6 Å². The summed E-state index contributed by atoms with van der Waals surface area (Å²) in [5, 5.41) is 0. The Morgan fingerprint density at radius 1 is 1.18 bits per heavy atom. The number of rotatable bonds is 1. The van der Waals surface area contributed by atoms with Gasteiger partial charge in [0.2, 0.25) is 0 Å². The van der Waals surface area contributed by atoms with Gasteiger partial charge in [-0.15, -0.1) is 0 Å². The summed E-state index contributed by atoms with van der Waals surface area (Å²) in [7, 11) is 0. The lowest BCUT2D eigenvalue weighted by Crippen LogP contribution is -2.21. The molecule has 1 aliphatic rings. The minimum absolute atomic E-state index is 0.0558. The van der Waals surface area contributed by atoms with Gasteiger partial charge in [0.25, 0.3) is 0 Å². The quantitative estimate of drug-likeness (QED) is 0.613. The van der Waals surface area contributed by atoms with Crippen molar-refractivity contribution in [3.63, 3.8) is 0 Å². The molecule has 94 valence electrons. The molecule has 0 aromatic heterocycles. The van der Waals surface area contributed by atoms with Crippen LogP contribution in [0.25, 0.3) is 0 Å². The van der Waals surface area contributed by atoms with Crippen LogP contribution >= 0.6 is 15.9 Å². The lowest BCUT2D eigenvalue weighted by Gasteiger charge is -2.19. The predicted molar refractivity (Wildman–Crippen MR) is 67.9 cm³/mol. The van der Waals surface area contributed by atoms with E-state index in [2.05, 4.69) is 15.9 Å². The molecule has 0 radical (unpaired) electrons. The maximum absolute atomic E-state index is 14.0. The number of nitrogens with two attached hydrogens (primary N) is 1. The molecule has 1 aromatic rings. The fourth-order valence-corrected chi connectivity index (χ4v) is 2.92. The zero-order valence-corrected chi connectivity index (χ0v) is 11.1. The molecular formula is C13H16BrF2N. The molecule has 0 amide bonds. The number of hydrogen-bond donors (Lipinski definition) is 1. The number of halogens is 3. The van der Waals surface area contributed by atoms with Crippen LogP contribution in [0.1, 0.15) is 43.6 Å². The zero-order chi connectivity index (χ0) is 12.4. The lowest BCUT2D eigenvalue weighted by atomic mass is 9.90. The predicted octanol–water partition coefficient (Wildman–Crippen LogP) is 4.10. The first kappa shape index (κ1) is 13.0. The first-order chi connectivity index (χ1) is 8.09. The first-order valence-corrected chi connectivity index (χ1v) is 6.78. The summed E-state index contributed by atoms with van der Waals surface area (Å²) < 4.78 is 28.1. The van der Waals surface area contributed by atoms with E-state index in [0.29, 0.717) is 10.9 Å². The summed E-state index contributed by atoms with van der Waals surface area (Å²) >= 11 is 3.11. The van der Waals surface area contributed by atoms with Gasteiger partial charge in [-0.1, -0.05) is 12.8 Å². The maximum atomic E-state index is 14.0. The zero-order valence-electron chi connectivity index (χ0n) is 9.56. The highest BCUT2D eigenvalue weighted by Gasteiger charge is 2.25. The molecule has 0 spiro atoms. The van der Waals surface area contributed by atoms with Gasteiger partial charge in [-0.25, -0.2) is 8.78 Å². The highest BCUT2D eigenvalue weighted by atomic mass is 79.9. The van der Waals surface area contributed by atoms with Gasteiger partial charge in [0.1, 0.15) is 11.6 Å². The molecule has 2 unspecified atom stereocenters. The molecule has 2 rings (SSSR count). The molecule has 0 heterocycles. The Morgan fingerprint density at radius 3 is 2.65 bits per heavy atom. The molecular weight excluding hydrogens is 288 g/mol. The Hall–Kier alpha value is -0.480. The van der Waals surface area contributed by atoms with E-state index >= 15 is 0 Å². The molecule has 4 heteroatoms. The minimum Gasteiger partial charge on any atom is -0.328 e. The summed E-state index contributed by atoms with van der Waals surface area (Å²) in [6, 6.07) is 2.78. The normalized spacial score (nSPS) is 25.6. The van der Waals surface area contributed by atoms with Crippen LogP contribution < -0.4 is 5.73 Å². The molecule has 17 heavy (non-hydrogen) atoms. The number of hydrogen-bond acceptors (Lipinski definition) is 1. The molecule has 1 saturated carbocycles. The molecule has 0 aliphatic heterocycles. The van der Waals surface area contributed by atoms with Crippen LogP contribution in [-0.4, -0.2) is 6.04 Å². The average Bonchev–Trinajstić information content (AvgIpc) is 2.49. The summed E-state index contributed by atoms with van der Waals surface area (Å²) in [5.41, 5.74) is 6.15. The Morgan fingerprint density at radius 2 is 1.88 bits per heavy atom. The molecule has 1 aromatic carbocycles. The second-order valence-corrected chi connectivity index (χ2v) is 5.59. The van der Waals surface area contributed by atoms with Crippen LogP contribution in [-0.2, 0) is 0 Å². The van der Waals surface area contributed by atoms with E-state index in [1.807, 2.05) is 0 Å². The Labute approximate surface area is 109 Å². The summed E-state index contributed by atoms with van der Waals surface area (Å²) in [5.74, 6) is -1.01. The highest BCUT2D eigenvalue weighted by Crippen LogP contribution is 2.36. The summed E-state index contributed by atoms with van der Waals surface area (Å²) in [6.45, 7) is 0. The van der Waals surface area contributed by atoms with E-state index in [1.54, 1.807) is 0 Å². The van der Waals surface area contributed by atoms with Gasteiger partial charge in [-0.05, 0) is 53.2 Å². The van der Waals surface area contributed by atoms with E-state index in [1.165, 1.54) is 12.1 Å². The van der Waals surface area contributed by atoms with Crippen molar-refractivity contribution in [1.29, 1.82) is 0 Å². The van der Waals surface area contributed by atoms with Gasteiger partial charge in [0.05, 0.1) is 4.47 Å². The van der Waals surface area contributed by atoms with Crippen LogP contribution in [0.2, 0.25) is 0 Å². The highest BCUT2D eigenvalue weighted by molar-refractivity contribution is 9.10. The van der Waals surface area contributed by atoms with Crippen molar-refractivity contribution in [1.82, 2.24) is 0 Å². The summed E-state index contributed by atoms with van der Waals surface area (Å²) in [6.07, 6.45) is 4.48. The lowest BCUT2D eigenvalue weighted by molar-refractivity contribution is 0.473. The van der Waals surface area contributed by atoms with E-state index in [0.717, 1.165) is 25.7 Å². The molecule has 1 fully saturated rings. The third-order valence-electron chi connectivity index (χ3n) is 3.45. The van der Waals surface area contributed by atoms with Gasteiger partial charge in [-0.2, -0.15) is 0 Å². The Balaban J connectivity index is 2.34. The van der Waals surface area contributed by atoms with Crippen molar-refractivity contribution in [2.24, 2.45) is 5.73 Å². The van der Waals surface area contributed by atoms with Crippen LogP contribution in [0.3, 0.4) is 0 Å². The summed E-state index contributed by atoms with van der Waals surface area (Å²) in [4.78, 5) is 0. The van der Waals surface area contributed by atoms with E-state index in [4.69, 9.17) is 5.73 Å². The maximum Gasteiger partial charge on any atom is 0.143 e. The first-order valence-electron chi connectivity index (χ1n) is 5.98. The van der Waals surface area contributed by atoms with Crippen LogP contribution in [0.15, 0.2) is 16.6 Å². The smallest absolute Gasteiger partial charge is 0.143 e. The van der Waals surface area contributed by atoms with Crippen molar-refractivity contribution in [3.8, 4) is 0 Å². The molecule has 1 nitrogen and oxygen atoms in total. The average molecular weight is 304 g/mol. The van der Waals surface area contributed by atoms with Gasteiger partial charge in [0, 0.05) is 11.6 Å². The fraction of sp³-hybridized carbons (Fsp3) is 0.538. The van der Waals surface area contributed by atoms with Gasteiger partial charge >= 0.3 is 0 Å². The monoisotopic (exact) mass is 303 g/mol. The van der Waals surface area contributed by atoms with Gasteiger partial charge in [-0.3, -0.25) is 0 Å². The molecule has 2 N–H and O–H groups in total. The Kier molecular flexibility index (Phi) is 4.15. The molecule has 0 saturated heterocycles. The SMILES string of the molecule is NC1CCCCC(c2c(F)ccc(Br)c2F)C1. The number of benzene rings is 1. The van der Waals surface area contributed by atoms with Crippen molar-refractivity contribution in [2.45, 2.75) is 44.1 Å². The molecule has 2 atom stereocenters. The molecule has 0 bridgehead atoms. The third kappa shape index (κ3) is 2.86. The van der Waals surface area contributed by atoms with Gasteiger partial charge in [0.15, 0.2) is 0 Å². The van der Waals surface area contributed by atoms with E-state index in [-0.39, 0.29) is 17.5 Å². The largest absolute Gasteiger partial charge is 0.328 e. The minimum atomic E-state index is -0.468. The van der Waals surface area contributed by atoms with Crippen molar-refractivity contribution >= 4 is 15.9 Å². The van der Waals surface area contributed by atoms with Crippen molar-refractivity contribution in [2.75, 3.05) is 0 Å². The topological polar surface area (TPSA) is 26.0 Å². The molecule has 1 aliphatic carbocycles. The van der Waals surface area contributed by atoms with E-state index < -0.39 is 11.6 Å². The second-order valence-electron chi connectivity index (χ2n) is 4.73. The van der Waals surface area contributed by atoms with Crippen LogP contribution in [0.5, 0.6) is 0 Å². The second kappa shape index (κ2) is 5.44. The van der Waals surface area contributed by atoms with Gasteiger partial charge < -0.3 is 5.73 Å². The third-order valence-corrected chi connectivity index (χ3v) is 4.06. The van der Waals surface area contributed by atoms with Crippen LogP contribution in [0.4, 0.5) is 8.78 Å². The standard InChI is InChI=1S/C13H16BrF2N/c14-10-5-6-11(15)12(13(10)16)8-3-1-2-4-9(17)7-8/h5-6,8-9H,1-4,7,17H2. The van der Waals surface area contributed by atoms with Crippen molar-refractivity contribution < 1.29 is 8.78 Å². The fourth-order valence-electron chi connectivity index (χ4n) is 2.58. The van der Waals surface area contributed by atoms with Crippen molar-refractivity contribution in [3.05, 3.63) is 33.8 Å². The van der Waals surface area contributed by atoms with E-state index in [9.17, 15) is 8.78 Å².